The molecule has 0 radical (unpaired) electrons. The van der Waals surface area contributed by atoms with Crippen molar-refractivity contribution >= 4 is 5.78 Å². The predicted molar refractivity (Wildman–Crippen MR) is 66.9 cm³/mol. The van der Waals surface area contributed by atoms with Crippen LogP contribution in [0, 0.1) is 5.92 Å². The van der Waals surface area contributed by atoms with Gasteiger partial charge in [-0.2, -0.15) is 0 Å². The van der Waals surface area contributed by atoms with E-state index in [-0.39, 0.29) is 11.7 Å². The molecule has 0 aromatic heterocycles. The first kappa shape index (κ1) is 14.2. The molecule has 0 aromatic rings. The zero-order chi connectivity index (χ0) is 11.8. The molecule has 0 fully saturated rings. The second-order valence-electron chi connectivity index (χ2n) is 4.62. The number of rotatable bonds is 6. The van der Waals surface area contributed by atoms with Gasteiger partial charge in [0, 0.05) is 5.92 Å². The van der Waals surface area contributed by atoms with Crippen LogP contribution in [0.2, 0.25) is 0 Å². The fourth-order valence-electron chi connectivity index (χ4n) is 1.23. The molecule has 0 N–H and O–H groups in total. The standard InChI is InChI=1S/C14H24O/c1-11(2)7-6-8-12(3)9-10-13(4)14(5)15/h7,9,13H,6,8,10H2,1-5H3. The lowest BCUT2D eigenvalue weighted by molar-refractivity contribution is -0.120. The number of allylic oxidation sites excluding steroid dienone is 4. The van der Waals surface area contributed by atoms with Crippen molar-refractivity contribution in [2.45, 2.75) is 53.9 Å². The molecule has 15 heavy (non-hydrogen) atoms. The largest absolute Gasteiger partial charge is 0.300 e. The first-order valence-corrected chi connectivity index (χ1v) is 5.73. The van der Waals surface area contributed by atoms with Gasteiger partial charge < -0.3 is 0 Å². The first-order chi connectivity index (χ1) is 6.93. The molecular weight excluding hydrogens is 184 g/mol. The van der Waals surface area contributed by atoms with Crippen molar-refractivity contribution in [2.75, 3.05) is 0 Å². The molecule has 86 valence electrons. The molecule has 1 unspecified atom stereocenters. The van der Waals surface area contributed by atoms with Crippen LogP contribution >= 0.6 is 0 Å². The molecule has 0 amide bonds. The van der Waals surface area contributed by atoms with Crippen molar-refractivity contribution in [2.24, 2.45) is 5.92 Å². The number of carbonyl (C=O) groups excluding carboxylic acids is 1. The van der Waals surface area contributed by atoms with E-state index in [1.165, 1.54) is 11.1 Å². The summed E-state index contributed by atoms with van der Waals surface area (Å²) in [6.07, 6.45) is 7.56. The second-order valence-corrected chi connectivity index (χ2v) is 4.62. The van der Waals surface area contributed by atoms with Crippen LogP contribution in [0.4, 0.5) is 0 Å². The average molecular weight is 208 g/mol. The van der Waals surface area contributed by atoms with Crippen molar-refractivity contribution in [1.82, 2.24) is 0 Å². The Bertz CT molecular complexity index is 255. The minimum absolute atomic E-state index is 0.170. The van der Waals surface area contributed by atoms with Gasteiger partial charge in [0.15, 0.2) is 0 Å². The van der Waals surface area contributed by atoms with E-state index in [9.17, 15) is 4.79 Å². The molecule has 0 aromatic carbocycles. The van der Waals surface area contributed by atoms with Gasteiger partial charge in [0.1, 0.15) is 5.78 Å². The number of carbonyl (C=O) groups is 1. The normalized spacial score (nSPS) is 13.5. The lowest BCUT2D eigenvalue weighted by atomic mass is 10.0. The highest BCUT2D eigenvalue weighted by Gasteiger charge is 2.04. The Morgan fingerprint density at radius 2 is 1.73 bits per heavy atom. The summed E-state index contributed by atoms with van der Waals surface area (Å²) in [5.41, 5.74) is 2.76. The molecule has 1 atom stereocenters. The molecule has 0 rings (SSSR count). The highest BCUT2D eigenvalue weighted by atomic mass is 16.1. The Balaban J connectivity index is 3.89. The van der Waals surface area contributed by atoms with E-state index in [2.05, 4.69) is 32.9 Å². The SMILES string of the molecule is CC(=O)C(C)CC=C(C)CCC=C(C)C. The quantitative estimate of drug-likeness (QED) is 0.595. The predicted octanol–water partition coefficient (Wildman–Crippen LogP) is 4.29. The van der Waals surface area contributed by atoms with Crippen molar-refractivity contribution in [3.63, 3.8) is 0 Å². The van der Waals surface area contributed by atoms with E-state index in [4.69, 9.17) is 0 Å². The van der Waals surface area contributed by atoms with E-state index >= 15 is 0 Å². The lowest BCUT2D eigenvalue weighted by Gasteiger charge is -2.04. The van der Waals surface area contributed by atoms with Gasteiger partial charge in [0.05, 0.1) is 0 Å². The van der Waals surface area contributed by atoms with Gasteiger partial charge in [-0.25, -0.2) is 0 Å². The summed E-state index contributed by atoms with van der Waals surface area (Å²) in [4.78, 5) is 11.0. The van der Waals surface area contributed by atoms with E-state index < -0.39 is 0 Å². The lowest BCUT2D eigenvalue weighted by Crippen LogP contribution is -2.04. The summed E-state index contributed by atoms with van der Waals surface area (Å²) < 4.78 is 0. The molecule has 1 nitrogen and oxygen atoms in total. The highest BCUT2D eigenvalue weighted by Crippen LogP contribution is 2.11. The van der Waals surface area contributed by atoms with Gasteiger partial charge in [0.2, 0.25) is 0 Å². The molecule has 0 spiro atoms. The molecule has 0 saturated carbocycles. The van der Waals surface area contributed by atoms with E-state index in [1.807, 2.05) is 6.92 Å². The maximum atomic E-state index is 11.0. The third-order valence-corrected chi connectivity index (χ3v) is 2.61. The molecule has 0 bridgehead atoms. The number of hydrogen-bond donors (Lipinski definition) is 0. The monoisotopic (exact) mass is 208 g/mol. The Hall–Kier alpha value is -0.850. The summed E-state index contributed by atoms with van der Waals surface area (Å²) >= 11 is 0. The molecule has 0 heterocycles. The van der Waals surface area contributed by atoms with Crippen molar-refractivity contribution in [3.8, 4) is 0 Å². The Morgan fingerprint density at radius 1 is 1.13 bits per heavy atom. The number of Topliss-reactive ketones (excluding diaryl/α,β-unsaturated/α-hetero) is 1. The fraction of sp³-hybridized carbons (Fsp3) is 0.643. The minimum atomic E-state index is 0.170. The average Bonchev–Trinajstić information content (AvgIpc) is 2.13. The molecule has 0 aliphatic rings. The van der Waals surface area contributed by atoms with Crippen molar-refractivity contribution < 1.29 is 4.79 Å². The van der Waals surface area contributed by atoms with Gasteiger partial charge in [-0.1, -0.05) is 30.2 Å². The number of ketones is 1. The van der Waals surface area contributed by atoms with Gasteiger partial charge in [-0.05, 0) is 47.0 Å². The maximum absolute atomic E-state index is 11.0. The molecule has 0 aliphatic heterocycles. The summed E-state index contributed by atoms with van der Waals surface area (Å²) in [5.74, 6) is 0.451. The highest BCUT2D eigenvalue weighted by molar-refractivity contribution is 5.77. The Morgan fingerprint density at radius 3 is 2.20 bits per heavy atom. The van der Waals surface area contributed by atoms with Crippen LogP contribution in [0.15, 0.2) is 23.3 Å². The van der Waals surface area contributed by atoms with Crippen LogP contribution in [0.25, 0.3) is 0 Å². The summed E-state index contributed by atoms with van der Waals surface area (Å²) in [6.45, 7) is 10.0. The van der Waals surface area contributed by atoms with Crippen LogP contribution < -0.4 is 0 Å². The van der Waals surface area contributed by atoms with Gasteiger partial charge >= 0.3 is 0 Å². The van der Waals surface area contributed by atoms with Crippen LogP contribution in [-0.4, -0.2) is 5.78 Å². The van der Waals surface area contributed by atoms with E-state index in [1.54, 1.807) is 6.92 Å². The second kappa shape index (κ2) is 7.44. The summed E-state index contributed by atoms with van der Waals surface area (Å²) in [5, 5.41) is 0. The van der Waals surface area contributed by atoms with E-state index in [0.29, 0.717) is 0 Å². The van der Waals surface area contributed by atoms with Crippen molar-refractivity contribution in [1.29, 1.82) is 0 Å². The fourth-order valence-corrected chi connectivity index (χ4v) is 1.23. The molecule has 0 aliphatic carbocycles. The smallest absolute Gasteiger partial charge is 0.132 e. The Kier molecular flexibility index (Phi) is 7.02. The van der Waals surface area contributed by atoms with Crippen molar-refractivity contribution in [3.05, 3.63) is 23.3 Å². The zero-order valence-electron chi connectivity index (χ0n) is 10.8. The number of hydrogen-bond acceptors (Lipinski definition) is 1. The van der Waals surface area contributed by atoms with Gasteiger partial charge in [-0.3, -0.25) is 4.79 Å². The van der Waals surface area contributed by atoms with Crippen LogP contribution in [0.3, 0.4) is 0 Å². The van der Waals surface area contributed by atoms with Gasteiger partial charge in [0.25, 0.3) is 0 Å². The van der Waals surface area contributed by atoms with Gasteiger partial charge in [-0.15, -0.1) is 0 Å². The topological polar surface area (TPSA) is 17.1 Å². The van der Waals surface area contributed by atoms with Crippen LogP contribution in [0.5, 0.6) is 0 Å². The summed E-state index contributed by atoms with van der Waals surface area (Å²) in [7, 11) is 0. The minimum Gasteiger partial charge on any atom is -0.300 e. The zero-order valence-corrected chi connectivity index (χ0v) is 10.8. The third-order valence-electron chi connectivity index (χ3n) is 2.61. The third kappa shape index (κ3) is 8.17. The van der Waals surface area contributed by atoms with E-state index in [0.717, 1.165) is 19.3 Å². The first-order valence-electron chi connectivity index (χ1n) is 5.73. The van der Waals surface area contributed by atoms with Crippen LogP contribution in [0.1, 0.15) is 53.9 Å². The summed E-state index contributed by atoms with van der Waals surface area (Å²) in [6, 6.07) is 0. The maximum Gasteiger partial charge on any atom is 0.132 e. The molecule has 0 saturated heterocycles. The Labute approximate surface area is 94.3 Å². The molecule has 1 heteroatoms. The molecular formula is C14H24O. The van der Waals surface area contributed by atoms with Crippen LogP contribution in [-0.2, 0) is 4.79 Å².